The van der Waals surface area contributed by atoms with Crippen LogP contribution >= 0.6 is 11.3 Å². The molecule has 6 nitrogen and oxygen atoms in total. The van der Waals surface area contributed by atoms with Gasteiger partial charge in [-0.05, 0) is 75.9 Å². The number of hydrogen-bond acceptors (Lipinski definition) is 5. The van der Waals surface area contributed by atoms with Gasteiger partial charge in [0.05, 0.1) is 16.1 Å². The fourth-order valence-corrected chi connectivity index (χ4v) is 4.91. The average Bonchev–Trinajstić information content (AvgIpc) is 3.31. The summed E-state index contributed by atoms with van der Waals surface area (Å²) in [7, 11) is 4.04. The monoisotopic (exact) mass is 436 g/mol. The van der Waals surface area contributed by atoms with Crippen LogP contribution in [0.5, 0.6) is 0 Å². The predicted octanol–water partition coefficient (Wildman–Crippen LogP) is 4.01. The van der Waals surface area contributed by atoms with Crippen molar-refractivity contribution in [2.45, 2.75) is 19.8 Å². The van der Waals surface area contributed by atoms with Gasteiger partial charge in [0.25, 0.3) is 0 Å². The fraction of sp³-hybridized carbons (Fsp3) is 0.375. The van der Waals surface area contributed by atoms with E-state index < -0.39 is 0 Å². The van der Waals surface area contributed by atoms with Crippen molar-refractivity contribution in [1.29, 1.82) is 0 Å². The van der Waals surface area contributed by atoms with Crippen molar-refractivity contribution in [3.8, 4) is 10.6 Å². The van der Waals surface area contributed by atoms with E-state index in [0.717, 1.165) is 34.7 Å². The zero-order valence-electron chi connectivity index (χ0n) is 18.2. The molecule has 1 aliphatic heterocycles. The van der Waals surface area contributed by atoms with Crippen LogP contribution in [0.2, 0.25) is 0 Å². The number of hydrogen-bond donors (Lipinski definition) is 1. The van der Waals surface area contributed by atoms with Crippen LogP contribution in [-0.2, 0) is 9.59 Å². The van der Waals surface area contributed by atoms with E-state index in [2.05, 4.69) is 29.3 Å². The van der Waals surface area contributed by atoms with Crippen molar-refractivity contribution in [1.82, 2.24) is 14.8 Å². The smallest absolute Gasteiger partial charge is 0.229 e. The maximum atomic E-state index is 12.7. The zero-order chi connectivity index (χ0) is 22.0. The topological polar surface area (TPSA) is 65.5 Å². The van der Waals surface area contributed by atoms with Gasteiger partial charge < -0.3 is 15.1 Å². The van der Waals surface area contributed by atoms with Gasteiger partial charge in [-0.25, -0.2) is 4.98 Å². The summed E-state index contributed by atoms with van der Waals surface area (Å²) in [5.41, 5.74) is 4.00. The molecule has 1 unspecified atom stereocenters. The molecule has 0 aliphatic carbocycles. The van der Waals surface area contributed by atoms with Gasteiger partial charge in [0.1, 0.15) is 5.01 Å². The lowest BCUT2D eigenvalue weighted by molar-refractivity contribution is -0.128. The van der Waals surface area contributed by atoms with Crippen molar-refractivity contribution in [2.75, 3.05) is 39.0 Å². The molecule has 1 saturated heterocycles. The number of nitrogens with zero attached hydrogens (tertiary/aromatic N) is 3. The Labute approximate surface area is 186 Å². The Balaban J connectivity index is 1.36. The van der Waals surface area contributed by atoms with Crippen LogP contribution in [0.25, 0.3) is 20.8 Å². The van der Waals surface area contributed by atoms with E-state index in [4.69, 9.17) is 4.98 Å². The summed E-state index contributed by atoms with van der Waals surface area (Å²) in [6.07, 6.45) is 1.21. The Morgan fingerprint density at radius 3 is 2.74 bits per heavy atom. The second kappa shape index (κ2) is 9.16. The van der Waals surface area contributed by atoms with Gasteiger partial charge in [-0.3, -0.25) is 9.59 Å². The minimum Gasteiger partial charge on any atom is -0.342 e. The third-order valence-electron chi connectivity index (χ3n) is 5.56. The summed E-state index contributed by atoms with van der Waals surface area (Å²) < 4.78 is 1.17. The first-order valence-corrected chi connectivity index (χ1v) is 11.4. The molecule has 7 heteroatoms. The number of carbonyl (C=O) groups excluding carboxylic acids is 2. The zero-order valence-corrected chi connectivity index (χ0v) is 19.0. The number of amides is 2. The highest BCUT2D eigenvalue weighted by molar-refractivity contribution is 7.21. The molecule has 0 bridgehead atoms. The minimum absolute atomic E-state index is 0.0697. The number of likely N-dealkylation sites (tertiary alicyclic amines) is 1. The van der Waals surface area contributed by atoms with Gasteiger partial charge >= 0.3 is 0 Å². The molecule has 0 spiro atoms. The molecule has 2 aromatic carbocycles. The average molecular weight is 437 g/mol. The van der Waals surface area contributed by atoms with Gasteiger partial charge in [0, 0.05) is 30.8 Å². The van der Waals surface area contributed by atoms with Crippen LogP contribution in [0.3, 0.4) is 0 Å². The predicted molar refractivity (Wildman–Crippen MR) is 126 cm³/mol. The quantitative estimate of drug-likeness (QED) is 0.608. The highest BCUT2D eigenvalue weighted by atomic mass is 32.1. The van der Waals surface area contributed by atoms with E-state index in [-0.39, 0.29) is 24.2 Å². The molecule has 1 aromatic heterocycles. The van der Waals surface area contributed by atoms with Gasteiger partial charge in [-0.2, -0.15) is 0 Å². The Morgan fingerprint density at radius 1 is 1.23 bits per heavy atom. The summed E-state index contributed by atoms with van der Waals surface area (Å²) in [5.74, 6) is -0.314. The second-order valence-corrected chi connectivity index (χ2v) is 9.49. The van der Waals surface area contributed by atoms with E-state index in [1.807, 2.05) is 49.3 Å². The van der Waals surface area contributed by atoms with E-state index in [9.17, 15) is 9.59 Å². The highest BCUT2D eigenvalue weighted by Crippen LogP contribution is 2.31. The molecule has 2 heterocycles. The molecule has 31 heavy (non-hydrogen) atoms. The summed E-state index contributed by atoms with van der Waals surface area (Å²) in [4.78, 5) is 33.6. The standard InChI is InChI=1S/C24H28N4O2S/c1-16-5-10-20-21(13-16)31-24(26-20)17-6-8-19(9-7-17)25-23(30)18-14-22(29)28(15-18)12-4-11-27(2)3/h5-10,13,18H,4,11-12,14-15H2,1-3H3,(H,25,30). The van der Waals surface area contributed by atoms with Crippen molar-refractivity contribution >= 4 is 39.1 Å². The Kier molecular flexibility index (Phi) is 6.34. The van der Waals surface area contributed by atoms with Gasteiger partial charge in [-0.15, -0.1) is 11.3 Å². The maximum Gasteiger partial charge on any atom is 0.229 e. The number of anilines is 1. The number of carbonyl (C=O) groups is 2. The molecular weight excluding hydrogens is 408 g/mol. The molecule has 0 radical (unpaired) electrons. The molecule has 0 saturated carbocycles. The van der Waals surface area contributed by atoms with Crippen LogP contribution in [-0.4, -0.2) is 60.3 Å². The molecule has 1 fully saturated rings. The number of thiazole rings is 1. The molecule has 3 aromatic rings. The largest absolute Gasteiger partial charge is 0.342 e. The summed E-state index contributed by atoms with van der Waals surface area (Å²) in [6, 6.07) is 14.0. The highest BCUT2D eigenvalue weighted by Gasteiger charge is 2.33. The fourth-order valence-electron chi connectivity index (χ4n) is 3.84. The first kappa shape index (κ1) is 21.5. The number of benzene rings is 2. The number of rotatable bonds is 7. The molecule has 2 amide bonds. The first-order chi connectivity index (χ1) is 14.9. The van der Waals surface area contributed by atoms with E-state index in [0.29, 0.717) is 13.1 Å². The number of fused-ring (bicyclic) bond motifs is 1. The van der Waals surface area contributed by atoms with Crippen molar-refractivity contribution in [2.24, 2.45) is 5.92 Å². The van der Waals surface area contributed by atoms with Crippen molar-refractivity contribution in [3.05, 3.63) is 48.0 Å². The van der Waals surface area contributed by atoms with E-state index in [1.54, 1.807) is 11.3 Å². The van der Waals surface area contributed by atoms with Crippen LogP contribution in [0.1, 0.15) is 18.4 Å². The lowest BCUT2D eigenvalue weighted by atomic mass is 10.1. The first-order valence-electron chi connectivity index (χ1n) is 10.6. The van der Waals surface area contributed by atoms with Crippen LogP contribution in [0.15, 0.2) is 42.5 Å². The third kappa shape index (κ3) is 5.11. The van der Waals surface area contributed by atoms with Crippen molar-refractivity contribution < 1.29 is 9.59 Å². The van der Waals surface area contributed by atoms with Crippen LogP contribution in [0, 0.1) is 12.8 Å². The minimum atomic E-state index is -0.293. The lowest BCUT2D eigenvalue weighted by Crippen LogP contribution is -2.30. The molecule has 1 N–H and O–H groups in total. The van der Waals surface area contributed by atoms with E-state index >= 15 is 0 Å². The number of aryl methyl sites for hydroxylation is 1. The summed E-state index contributed by atoms with van der Waals surface area (Å²) >= 11 is 1.67. The number of nitrogens with one attached hydrogen (secondary N) is 1. The number of aromatic nitrogens is 1. The van der Waals surface area contributed by atoms with Crippen LogP contribution in [0.4, 0.5) is 5.69 Å². The SMILES string of the molecule is Cc1ccc2nc(-c3ccc(NC(=O)C4CC(=O)N(CCCN(C)C)C4)cc3)sc2c1. The van der Waals surface area contributed by atoms with Crippen LogP contribution < -0.4 is 5.32 Å². The second-order valence-electron chi connectivity index (χ2n) is 8.45. The Morgan fingerprint density at radius 2 is 2.00 bits per heavy atom. The van der Waals surface area contributed by atoms with Gasteiger partial charge in [-0.1, -0.05) is 6.07 Å². The lowest BCUT2D eigenvalue weighted by Gasteiger charge is -2.18. The molecule has 4 rings (SSSR count). The van der Waals surface area contributed by atoms with Gasteiger partial charge in [0.2, 0.25) is 11.8 Å². The maximum absolute atomic E-state index is 12.7. The van der Waals surface area contributed by atoms with Crippen molar-refractivity contribution in [3.63, 3.8) is 0 Å². The normalized spacial score (nSPS) is 16.5. The molecule has 162 valence electrons. The summed E-state index contributed by atoms with van der Waals surface area (Å²) in [5, 5.41) is 3.93. The Hall–Kier alpha value is -2.77. The molecular formula is C24H28N4O2S. The molecule has 1 aliphatic rings. The Bertz CT molecular complexity index is 1090. The third-order valence-corrected chi connectivity index (χ3v) is 6.63. The van der Waals surface area contributed by atoms with Gasteiger partial charge in [0.15, 0.2) is 0 Å². The molecule has 1 atom stereocenters. The summed E-state index contributed by atoms with van der Waals surface area (Å²) in [6.45, 7) is 4.22. The van der Waals surface area contributed by atoms with E-state index in [1.165, 1.54) is 10.3 Å².